The molecule has 2 N–H and O–H groups in total. The van der Waals surface area contributed by atoms with E-state index >= 15 is 0 Å². The first kappa shape index (κ1) is 23.2. The Labute approximate surface area is 136 Å². The van der Waals surface area contributed by atoms with Crippen LogP contribution in [0.15, 0.2) is 0 Å². The van der Waals surface area contributed by atoms with E-state index in [0.29, 0.717) is 12.8 Å². The van der Waals surface area contributed by atoms with Crippen molar-refractivity contribution in [3.8, 4) is 0 Å². The van der Waals surface area contributed by atoms with E-state index in [2.05, 4.69) is 27.7 Å². The number of carboxylic acids is 2. The third kappa shape index (κ3) is 27.3. The van der Waals surface area contributed by atoms with Crippen LogP contribution in [0.4, 0.5) is 0 Å². The molecule has 0 atom stereocenters. The van der Waals surface area contributed by atoms with Crippen molar-refractivity contribution in [2.45, 2.75) is 91.9 Å². The van der Waals surface area contributed by atoms with Gasteiger partial charge in [0, 0.05) is 12.8 Å². The summed E-state index contributed by atoms with van der Waals surface area (Å²) in [7, 11) is 0. The van der Waals surface area contributed by atoms with Gasteiger partial charge in [0.15, 0.2) is 0 Å². The van der Waals surface area contributed by atoms with Gasteiger partial charge in [0.25, 0.3) is 0 Å². The summed E-state index contributed by atoms with van der Waals surface area (Å²) in [6, 6.07) is 0. The molecule has 4 nitrogen and oxygen atoms in total. The summed E-state index contributed by atoms with van der Waals surface area (Å²) in [5.74, 6) is 0.156. The second kappa shape index (κ2) is 16.3. The smallest absolute Gasteiger partial charge is 0.303 e. The average molecular weight is 316 g/mol. The Balaban J connectivity index is 0. The van der Waals surface area contributed by atoms with Gasteiger partial charge in [-0.15, -0.1) is 0 Å². The van der Waals surface area contributed by atoms with E-state index in [9.17, 15) is 9.59 Å². The summed E-state index contributed by atoms with van der Waals surface area (Å²) in [5.41, 5.74) is 0. The van der Waals surface area contributed by atoms with Gasteiger partial charge in [-0.05, 0) is 24.7 Å². The topological polar surface area (TPSA) is 74.6 Å². The fourth-order valence-electron chi connectivity index (χ4n) is 2.01. The van der Waals surface area contributed by atoms with Crippen LogP contribution in [0.1, 0.15) is 91.9 Å². The van der Waals surface area contributed by atoms with Crippen LogP contribution in [0.5, 0.6) is 0 Å². The average Bonchev–Trinajstić information content (AvgIpc) is 2.37. The summed E-state index contributed by atoms with van der Waals surface area (Å²) in [4.78, 5) is 20.2. The Morgan fingerprint density at radius 3 is 1.18 bits per heavy atom. The van der Waals surface area contributed by atoms with E-state index in [0.717, 1.165) is 37.5 Å². The van der Waals surface area contributed by atoms with E-state index in [4.69, 9.17) is 10.2 Å². The molecule has 0 aliphatic carbocycles. The molecule has 0 aromatic rings. The molecular weight excluding hydrogens is 280 g/mol. The molecule has 0 amide bonds. The molecule has 22 heavy (non-hydrogen) atoms. The lowest BCUT2D eigenvalue weighted by molar-refractivity contribution is -0.138. The predicted octanol–water partition coefficient (Wildman–Crippen LogP) is 5.36. The van der Waals surface area contributed by atoms with Crippen molar-refractivity contribution in [3.05, 3.63) is 0 Å². The summed E-state index contributed by atoms with van der Waals surface area (Å²) in [6.45, 7) is 8.77. The highest BCUT2D eigenvalue weighted by atomic mass is 16.4. The van der Waals surface area contributed by atoms with Crippen molar-refractivity contribution in [1.29, 1.82) is 0 Å². The number of aliphatic carboxylic acids is 2. The molecule has 0 aromatic carbocycles. The van der Waals surface area contributed by atoms with Gasteiger partial charge >= 0.3 is 11.9 Å². The lowest BCUT2D eigenvalue weighted by Crippen LogP contribution is -1.94. The van der Waals surface area contributed by atoms with Crippen LogP contribution in [0.2, 0.25) is 0 Å². The Bertz CT molecular complexity index is 244. The Morgan fingerprint density at radius 2 is 0.955 bits per heavy atom. The van der Waals surface area contributed by atoms with Gasteiger partial charge in [-0.2, -0.15) is 0 Å². The number of carbonyl (C=O) groups is 2. The SMILES string of the molecule is CC(C)CCCCCC(=O)O.CC(C)CCCCCC(=O)O. The van der Waals surface area contributed by atoms with Gasteiger partial charge in [0.2, 0.25) is 0 Å². The molecule has 0 aliphatic heterocycles. The quantitative estimate of drug-likeness (QED) is 0.476. The van der Waals surface area contributed by atoms with Gasteiger partial charge in [-0.25, -0.2) is 0 Å². The van der Waals surface area contributed by atoms with E-state index < -0.39 is 11.9 Å². The van der Waals surface area contributed by atoms with E-state index in [1.807, 2.05) is 0 Å². The number of carboxylic acid groups (broad SMARTS) is 2. The highest BCUT2D eigenvalue weighted by Gasteiger charge is 1.98. The van der Waals surface area contributed by atoms with Crippen LogP contribution in [-0.2, 0) is 9.59 Å². The zero-order valence-corrected chi connectivity index (χ0v) is 14.9. The maximum atomic E-state index is 10.1. The highest BCUT2D eigenvalue weighted by Crippen LogP contribution is 2.09. The standard InChI is InChI=1S/2C9H18O2/c2*1-8(2)6-4-3-5-7-9(10)11/h2*8H,3-7H2,1-2H3,(H,10,11). The van der Waals surface area contributed by atoms with E-state index in [-0.39, 0.29) is 0 Å². The summed E-state index contributed by atoms with van der Waals surface area (Å²) in [6.07, 6.45) is 9.24. The minimum Gasteiger partial charge on any atom is -0.481 e. The van der Waals surface area contributed by atoms with Crippen LogP contribution in [0, 0.1) is 11.8 Å². The molecule has 0 saturated heterocycles. The molecule has 0 heterocycles. The second-order valence-electron chi connectivity index (χ2n) is 6.77. The van der Waals surface area contributed by atoms with E-state index in [1.54, 1.807) is 0 Å². The molecule has 0 unspecified atom stereocenters. The Hall–Kier alpha value is -1.06. The molecule has 0 aromatic heterocycles. The van der Waals surface area contributed by atoms with Crippen LogP contribution in [0.25, 0.3) is 0 Å². The second-order valence-corrected chi connectivity index (χ2v) is 6.77. The third-order valence-electron chi connectivity index (χ3n) is 3.34. The molecule has 0 radical (unpaired) electrons. The molecule has 0 bridgehead atoms. The minimum atomic E-state index is -0.672. The summed E-state index contributed by atoms with van der Waals surface area (Å²) in [5, 5.41) is 16.6. The van der Waals surface area contributed by atoms with Crippen molar-refractivity contribution >= 4 is 11.9 Å². The van der Waals surface area contributed by atoms with Crippen LogP contribution < -0.4 is 0 Å². The maximum absolute atomic E-state index is 10.1. The van der Waals surface area contributed by atoms with Gasteiger partial charge in [-0.1, -0.05) is 66.2 Å². The molecule has 0 fully saturated rings. The Kier molecular flexibility index (Phi) is 17.2. The van der Waals surface area contributed by atoms with Crippen LogP contribution in [-0.4, -0.2) is 22.2 Å². The van der Waals surface area contributed by atoms with E-state index in [1.165, 1.54) is 25.7 Å². The van der Waals surface area contributed by atoms with Crippen LogP contribution >= 0.6 is 0 Å². The zero-order valence-electron chi connectivity index (χ0n) is 14.9. The molecule has 0 spiro atoms. The molecule has 132 valence electrons. The number of hydrogen-bond donors (Lipinski definition) is 2. The fourth-order valence-corrected chi connectivity index (χ4v) is 2.01. The van der Waals surface area contributed by atoms with Crippen molar-refractivity contribution < 1.29 is 19.8 Å². The number of unbranched alkanes of at least 4 members (excludes halogenated alkanes) is 4. The first-order valence-corrected chi connectivity index (χ1v) is 8.69. The maximum Gasteiger partial charge on any atom is 0.303 e. The molecule has 0 aliphatic rings. The first-order chi connectivity index (χ1) is 10.3. The lowest BCUT2D eigenvalue weighted by Gasteiger charge is -2.02. The fraction of sp³-hybridized carbons (Fsp3) is 0.889. The van der Waals surface area contributed by atoms with Crippen LogP contribution in [0.3, 0.4) is 0 Å². The minimum absolute atomic E-state index is 0.331. The molecule has 4 heteroatoms. The van der Waals surface area contributed by atoms with Crippen molar-refractivity contribution in [2.75, 3.05) is 0 Å². The predicted molar refractivity (Wildman–Crippen MR) is 91.1 cm³/mol. The van der Waals surface area contributed by atoms with Crippen molar-refractivity contribution in [3.63, 3.8) is 0 Å². The first-order valence-electron chi connectivity index (χ1n) is 8.69. The third-order valence-corrected chi connectivity index (χ3v) is 3.34. The zero-order chi connectivity index (χ0) is 17.4. The summed E-state index contributed by atoms with van der Waals surface area (Å²) >= 11 is 0. The number of rotatable bonds is 12. The van der Waals surface area contributed by atoms with Gasteiger partial charge in [-0.3, -0.25) is 9.59 Å². The molecule has 0 saturated carbocycles. The van der Waals surface area contributed by atoms with Crippen molar-refractivity contribution in [2.24, 2.45) is 11.8 Å². The highest BCUT2D eigenvalue weighted by molar-refractivity contribution is 5.66. The summed E-state index contributed by atoms with van der Waals surface area (Å²) < 4.78 is 0. The monoisotopic (exact) mass is 316 g/mol. The van der Waals surface area contributed by atoms with Gasteiger partial charge < -0.3 is 10.2 Å². The molecule has 0 rings (SSSR count). The van der Waals surface area contributed by atoms with Gasteiger partial charge in [0.05, 0.1) is 0 Å². The lowest BCUT2D eigenvalue weighted by atomic mass is 10.0. The molecular formula is C18H36O4. The van der Waals surface area contributed by atoms with Gasteiger partial charge in [0.1, 0.15) is 0 Å². The van der Waals surface area contributed by atoms with Crippen molar-refractivity contribution in [1.82, 2.24) is 0 Å². The Morgan fingerprint density at radius 1 is 0.636 bits per heavy atom. The normalized spacial score (nSPS) is 10.5. The number of hydrogen-bond acceptors (Lipinski definition) is 2. The largest absolute Gasteiger partial charge is 0.481 e.